The number of ether oxygens (including phenoxy) is 1. The van der Waals surface area contributed by atoms with Crippen LogP contribution >= 0.6 is 23.2 Å². The molecular formula is C26H21Cl2NO5. The predicted octanol–water partition coefficient (Wildman–Crippen LogP) is 5.95. The SMILES string of the molecule is COc1c(C)cc(C)cc1/C(O)=C1\C(=O)C(=O)N(c2ccc(Cl)cc2)C1c1ccc(O)c(Cl)c1. The Labute approximate surface area is 206 Å². The molecule has 0 radical (unpaired) electrons. The van der Waals surface area contributed by atoms with E-state index in [-0.39, 0.29) is 22.1 Å². The topological polar surface area (TPSA) is 87.1 Å². The predicted molar refractivity (Wildman–Crippen MR) is 132 cm³/mol. The second-order valence-electron chi connectivity index (χ2n) is 8.02. The second-order valence-corrected chi connectivity index (χ2v) is 8.86. The third-order valence-electron chi connectivity index (χ3n) is 5.71. The summed E-state index contributed by atoms with van der Waals surface area (Å²) in [7, 11) is 1.47. The van der Waals surface area contributed by atoms with Gasteiger partial charge in [0.2, 0.25) is 0 Å². The number of amides is 1. The summed E-state index contributed by atoms with van der Waals surface area (Å²) < 4.78 is 5.50. The van der Waals surface area contributed by atoms with Crippen molar-refractivity contribution in [3.8, 4) is 11.5 Å². The lowest BCUT2D eigenvalue weighted by Gasteiger charge is -2.26. The zero-order valence-corrected chi connectivity index (χ0v) is 20.1. The number of rotatable bonds is 4. The Morgan fingerprint density at radius 3 is 2.29 bits per heavy atom. The lowest BCUT2D eigenvalue weighted by molar-refractivity contribution is -0.132. The lowest BCUT2D eigenvalue weighted by Crippen LogP contribution is -2.29. The first kappa shape index (κ1) is 23.7. The van der Waals surface area contributed by atoms with Crippen LogP contribution in [-0.4, -0.2) is 29.0 Å². The van der Waals surface area contributed by atoms with Gasteiger partial charge in [-0.1, -0.05) is 35.3 Å². The highest BCUT2D eigenvalue weighted by Gasteiger charge is 2.47. The Hall–Kier alpha value is -3.48. The second kappa shape index (κ2) is 9.05. The molecule has 1 aliphatic heterocycles. The number of ketones is 1. The third kappa shape index (κ3) is 4.00. The van der Waals surface area contributed by atoms with E-state index in [1.807, 2.05) is 19.9 Å². The van der Waals surface area contributed by atoms with Gasteiger partial charge in [0.1, 0.15) is 17.3 Å². The van der Waals surface area contributed by atoms with Gasteiger partial charge in [-0.3, -0.25) is 14.5 Å². The van der Waals surface area contributed by atoms with Gasteiger partial charge < -0.3 is 14.9 Å². The van der Waals surface area contributed by atoms with Gasteiger partial charge in [0.25, 0.3) is 11.7 Å². The fraction of sp³-hybridized carbons (Fsp3) is 0.154. The van der Waals surface area contributed by atoms with Crippen LogP contribution in [-0.2, 0) is 9.59 Å². The monoisotopic (exact) mass is 497 g/mol. The summed E-state index contributed by atoms with van der Waals surface area (Å²) in [4.78, 5) is 27.8. The number of carbonyl (C=O) groups is 2. The summed E-state index contributed by atoms with van der Waals surface area (Å²) >= 11 is 12.2. The van der Waals surface area contributed by atoms with E-state index in [4.69, 9.17) is 27.9 Å². The molecule has 4 rings (SSSR count). The number of aliphatic hydroxyl groups is 1. The Kier molecular flexibility index (Phi) is 6.30. The average Bonchev–Trinajstić information content (AvgIpc) is 3.06. The summed E-state index contributed by atoms with van der Waals surface area (Å²) in [5.74, 6) is -1.80. The van der Waals surface area contributed by atoms with Crippen LogP contribution in [0.1, 0.15) is 28.3 Å². The van der Waals surface area contributed by atoms with Crippen LogP contribution in [0.2, 0.25) is 10.0 Å². The average molecular weight is 498 g/mol. The maximum Gasteiger partial charge on any atom is 0.300 e. The molecule has 1 heterocycles. The van der Waals surface area contributed by atoms with Crippen molar-refractivity contribution in [2.24, 2.45) is 0 Å². The van der Waals surface area contributed by atoms with Crippen molar-refractivity contribution in [1.82, 2.24) is 0 Å². The minimum absolute atomic E-state index is 0.0446. The van der Waals surface area contributed by atoms with Crippen LogP contribution in [0, 0.1) is 13.8 Å². The van der Waals surface area contributed by atoms with Gasteiger partial charge in [-0.05, 0) is 73.0 Å². The van der Waals surface area contributed by atoms with E-state index >= 15 is 0 Å². The number of aliphatic hydroxyl groups excluding tert-OH is 1. The van der Waals surface area contributed by atoms with Crippen molar-refractivity contribution in [2.45, 2.75) is 19.9 Å². The number of carbonyl (C=O) groups excluding carboxylic acids is 2. The largest absolute Gasteiger partial charge is 0.507 e. The Bertz CT molecular complexity index is 1350. The number of phenols is 1. The molecule has 0 spiro atoms. The number of phenolic OH excluding ortho intramolecular Hbond substituents is 1. The van der Waals surface area contributed by atoms with Crippen LogP contribution in [0.4, 0.5) is 5.69 Å². The molecule has 2 N–H and O–H groups in total. The molecule has 1 saturated heterocycles. The molecule has 1 amide bonds. The molecule has 174 valence electrons. The Balaban J connectivity index is 2.02. The first-order valence-corrected chi connectivity index (χ1v) is 11.1. The van der Waals surface area contributed by atoms with Gasteiger partial charge in [-0.15, -0.1) is 0 Å². The first-order valence-electron chi connectivity index (χ1n) is 10.3. The van der Waals surface area contributed by atoms with Crippen molar-refractivity contribution in [3.63, 3.8) is 0 Å². The molecule has 0 aliphatic carbocycles. The molecule has 1 fully saturated rings. The highest BCUT2D eigenvalue weighted by molar-refractivity contribution is 6.51. The van der Waals surface area contributed by atoms with E-state index in [2.05, 4.69) is 0 Å². The van der Waals surface area contributed by atoms with Crippen molar-refractivity contribution < 1.29 is 24.5 Å². The summed E-state index contributed by atoms with van der Waals surface area (Å²) in [6, 6.07) is 13.4. The number of aryl methyl sites for hydroxylation is 2. The Morgan fingerprint density at radius 1 is 1.00 bits per heavy atom. The zero-order chi connectivity index (χ0) is 24.7. The summed E-state index contributed by atoms with van der Waals surface area (Å²) in [6.45, 7) is 3.68. The first-order chi connectivity index (χ1) is 16.1. The van der Waals surface area contributed by atoms with E-state index in [1.165, 1.54) is 24.1 Å². The van der Waals surface area contributed by atoms with E-state index in [0.29, 0.717) is 27.6 Å². The fourth-order valence-electron chi connectivity index (χ4n) is 4.26. The van der Waals surface area contributed by atoms with Crippen molar-refractivity contribution in [1.29, 1.82) is 0 Å². The molecule has 1 unspecified atom stereocenters. The van der Waals surface area contributed by atoms with E-state index in [1.54, 1.807) is 36.4 Å². The normalized spacial score (nSPS) is 17.3. The number of hydrogen-bond acceptors (Lipinski definition) is 5. The highest BCUT2D eigenvalue weighted by Crippen LogP contribution is 2.45. The molecule has 1 atom stereocenters. The quantitative estimate of drug-likeness (QED) is 0.264. The van der Waals surface area contributed by atoms with E-state index < -0.39 is 17.7 Å². The number of Topliss-reactive ketones (excluding diaryl/α,β-unsaturated/α-hetero) is 1. The highest BCUT2D eigenvalue weighted by atomic mass is 35.5. The number of anilines is 1. The summed E-state index contributed by atoms with van der Waals surface area (Å²) in [5, 5.41) is 21.9. The molecule has 0 aromatic heterocycles. The number of nitrogens with zero attached hydrogens (tertiary/aromatic N) is 1. The van der Waals surface area contributed by atoms with Gasteiger partial charge in [0.15, 0.2) is 0 Å². The molecular weight excluding hydrogens is 477 g/mol. The molecule has 0 saturated carbocycles. The standard InChI is InChI=1S/C26H21Cl2NO5/c1-13-10-14(2)25(34-3)18(11-13)23(31)21-22(15-4-9-20(30)19(28)12-15)29(26(33)24(21)32)17-7-5-16(27)6-8-17/h4-12,22,30-31H,1-3H3/b23-21+. The lowest BCUT2D eigenvalue weighted by atomic mass is 9.93. The van der Waals surface area contributed by atoms with Crippen LogP contribution < -0.4 is 9.64 Å². The molecule has 6 nitrogen and oxygen atoms in total. The fourth-order valence-corrected chi connectivity index (χ4v) is 4.57. The van der Waals surface area contributed by atoms with E-state index in [9.17, 15) is 19.8 Å². The molecule has 34 heavy (non-hydrogen) atoms. The molecule has 0 bridgehead atoms. The minimum atomic E-state index is -1.01. The van der Waals surface area contributed by atoms with Crippen molar-refractivity contribution in [2.75, 3.05) is 12.0 Å². The smallest absolute Gasteiger partial charge is 0.300 e. The number of hydrogen-bond donors (Lipinski definition) is 2. The third-order valence-corrected chi connectivity index (χ3v) is 6.27. The van der Waals surface area contributed by atoms with Gasteiger partial charge >= 0.3 is 0 Å². The molecule has 1 aliphatic rings. The Morgan fingerprint density at radius 2 is 1.68 bits per heavy atom. The number of benzene rings is 3. The van der Waals surface area contributed by atoms with Gasteiger partial charge in [0, 0.05) is 10.7 Å². The number of methoxy groups -OCH3 is 1. The maximum absolute atomic E-state index is 13.3. The van der Waals surface area contributed by atoms with Crippen LogP contribution in [0.3, 0.4) is 0 Å². The molecule has 3 aromatic rings. The van der Waals surface area contributed by atoms with Gasteiger partial charge in [-0.2, -0.15) is 0 Å². The van der Waals surface area contributed by atoms with Crippen molar-refractivity contribution >= 4 is 46.3 Å². The summed E-state index contributed by atoms with van der Waals surface area (Å²) in [5.41, 5.74) is 2.62. The van der Waals surface area contributed by atoms with Gasteiger partial charge in [-0.25, -0.2) is 0 Å². The number of halogens is 2. The summed E-state index contributed by atoms with van der Waals surface area (Å²) in [6.07, 6.45) is 0. The number of aromatic hydroxyl groups is 1. The minimum Gasteiger partial charge on any atom is -0.507 e. The maximum atomic E-state index is 13.3. The van der Waals surface area contributed by atoms with Gasteiger partial charge in [0.05, 0.1) is 29.3 Å². The molecule has 8 heteroatoms. The zero-order valence-electron chi connectivity index (χ0n) is 18.6. The van der Waals surface area contributed by atoms with Crippen LogP contribution in [0.5, 0.6) is 11.5 Å². The van der Waals surface area contributed by atoms with Crippen LogP contribution in [0.25, 0.3) is 5.76 Å². The van der Waals surface area contributed by atoms with E-state index in [0.717, 1.165) is 11.1 Å². The van der Waals surface area contributed by atoms with Crippen LogP contribution in [0.15, 0.2) is 60.2 Å². The molecule has 3 aromatic carbocycles. The van der Waals surface area contributed by atoms with Crippen molar-refractivity contribution in [3.05, 3.63) is 92.5 Å².